The van der Waals surface area contributed by atoms with Crippen LogP contribution in [-0.2, 0) is 4.79 Å². The molecule has 0 saturated carbocycles. The molecule has 16 heavy (non-hydrogen) atoms. The van der Waals surface area contributed by atoms with Crippen LogP contribution in [0.4, 0.5) is 5.82 Å². The smallest absolute Gasteiger partial charge is 0.239 e. The van der Waals surface area contributed by atoms with Crippen molar-refractivity contribution in [2.24, 2.45) is 5.73 Å². The van der Waals surface area contributed by atoms with Crippen LogP contribution in [0.3, 0.4) is 0 Å². The second-order valence-corrected chi connectivity index (χ2v) is 3.36. The van der Waals surface area contributed by atoms with E-state index in [0.29, 0.717) is 6.42 Å². The standard InChI is InChI=1S/C9H10ClN5O/c1-2-6(7(12)16)14-8-5(3-11)4-13-9(10)15-8/h4,6H,2H2,1H3,(H2,12,16)(H,13,14,15)/t6-/m1/s1. The Hall–Kier alpha value is -1.87. The molecule has 84 valence electrons. The molecule has 1 amide bonds. The lowest BCUT2D eigenvalue weighted by atomic mass is 10.2. The SMILES string of the molecule is CC[C@@H](Nc1nc(Cl)ncc1C#N)C(N)=O. The molecule has 0 aliphatic carbocycles. The number of nitrogens with zero attached hydrogens (tertiary/aromatic N) is 3. The van der Waals surface area contributed by atoms with Crippen LogP contribution < -0.4 is 11.1 Å². The van der Waals surface area contributed by atoms with Crippen molar-refractivity contribution in [1.82, 2.24) is 9.97 Å². The van der Waals surface area contributed by atoms with E-state index >= 15 is 0 Å². The first-order chi connectivity index (χ1) is 7.58. The second kappa shape index (κ2) is 5.28. The quantitative estimate of drug-likeness (QED) is 0.752. The fraction of sp³-hybridized carbons (Fsp3) is 0.333. The van der Waals surface area contributed by atoms with Crippen molar-refractivity contribution in [2.75, 3.05) is 5.32 Å². The summed E-state index contributed by atoms with van der Waals surface area (Å²) in [6.07, 6.45) is 1.77. The summed E-state index contributed by atoms with van der Waals surface area (Å²) in [4.78, 5) is 18.5. The van der Waals surface area contributed by atoms with Gasteiger partial charge in [-0.1, -0.05) is 6.92 Å². The molecule has 0 fully saturated rings. The minimum absolute atomic E-state index is 0.000762. The summed E-state index contributed by atoms with van der Waals surface area (Å²) >= 11 is 5.59. The number of aromatic nitrogens is 2. The zero-order valence-electron chi connectivity index (χ0n) is 8.57. The van der Waals surface area contributed by atoms with Gasteiger partial charge in [0.1, 0.15) is 23.5 Å². The number of primary amides is 1. The number of rotatable bonds is 4. The van der Waals surface area contributed by atoms with E-state index in [4.69, 9.17) is 22.6 Å². The number of nitrogens with one attached hydrogen (secondary N) is 1. The first kappa shape index (κ1) is 12.2. The number of carbonyl (C=O) groups excluding carboxylic acids is 1. The molecule has 7 heteroatoms. The number of anilines is 1. The summed E-state index contributed by atoms with van der Waals surface area (Å²) in [5.41, 5.74) is 5.38. The summed E-state index contributed by atoms with van der Waals surface area (Å²) in [6.45, 7) is 1.79. The molecule has 0 aromatic carbocycles. The zero-order chi connectivity index (χ0) is 12.1. The molecule has 6 nitrogen and oxygen atoms in total. The first-order valence-corrected chi connectivity index (χ1v) is 4.94. The Morgan fingerprint density at radius 2 is 2.50 bits per heavy atom. The molecule has 1 atom stereocenters. The Balaban J connectivity index is 2.99. The topological polar surface area (TPSA) is 105 Å². The van der Waals surface area contributed by atoms with Crippen LogP contribution in [0.2, 0.25) is 5.28 Å². The fourth-order valence-corrected chi connectivity index (χ4v) is 1.22. The maximum absolute atomic E-state index is 11.0. The molecular weight excluding hydrogens is 230 g/mol. The minimum atomic E-state index is -0.585. The van der Waals surface area contributed by atoms with Crippen molar-refractivity contribution in [3.63, 3.8) is 0 Å². The molecule has 3 N–H and O–H groups in total. The highest BCUT2D eigenvalue weighted by Crippen LogP contribution is 2.14. The predicted octanol–water partition coefficient (Wildman–Crippen LogP) is 0.677. The summed E-state index contributed by atoms with van der Waals surface area (Å²) in [5.74, 6) is -0.297. The highest BCUT2D eigenvalue weighted by molar-refractivity contribution is 6.28. The third-order valence-corrected chi connectivity index (χ3v) is 2.12. The Bertz CT molecular complexity index is 442. The molecule has 0 radical (unpaired) electrons. The van der Waals surface area contributed by atoms with E-state index < -0.39 is 11.9 Å². The molecule has 1 aromatic rings. The van der Waals surface area contributed by atoms with Crippen LogP contribution in [0.1, 0.15) is 18.9 Å². The molecule has 1 heterocycles. The number of nitrogens with two attached hydrogens (primary N) is 1. The summed E-state index contributed by atoms with van der Waals surface area (Å²) < 4.78 is 0. The van der Waals surface area contributed by atoms with E-state index in [1.165, 1.54) is 6.20 Å². The van der Waals surface area contributed by atoms with E-state index in [1.54, 1.807) is 6.92 Å². The molecule has 0 aliphatic heterocycles. The van der Waals surface area contributed by atoms with Crippen molar-refractivity contribution in [1.29, 1.82) is 5.26 Å². The number of halogens is 1. The number of hydrogen-bond donors (Lipinski definition) is 2. The molecule has 0 spiro atoms. The van der Waals surface area contributed by atoms with E-state index in [1.807, 2.05) is 6.07 Å². The Kier molecular flexibility index (Phi) is 4.03. The number of hydrogen-bond acceptors (Lipinski definition) is 5. The largest absolute Gasteiger partial charge is 0.368 e. The van der Waals surface area contributed by atoms with Gasteiger partial charge in [0, 0.05) is 0 Å². The number of amides is 1. The van der Waals surface area contributed by atoms with Gasteiger partial charge in [-0.05, 0) is 18.0 Å². The van der Waals surface area contributed by atoms with Gasteiger partial charge in [0.2, 0.25) is 11.2 Å². The average Bonchev–Trinajstić information content (AvgIpc) is 2.25. The lowest BCUT2D eigenvalue weighted by Crippen LogP contribution is -2.35. The zero-order valence-corrected chi connectivity index (χ0v) is 9.32. The predicted molar refractivity (Wildman–Crippen MR) is 58.7 cm³/mol. The summed E-state index contributed by atoms with van der Waals surface area (Å²) in [7, 11) is 0. The van der Waals surface area contributed by atoms with E-state index in [-0.39, 0.29) is 16.7 Å². The first-order valence-electron chi connectivity index (χ1n) is 4.57. The van der Waals surface area contributed by atoms with E-state index in [0.717, 1.165) is 0 Å². The Labute approximate surface area is 97.4 Å². The lowest BCUT2D eigenvalue weighted by molar-refractivity contribution is -0.118. The monoisotopic (exact) mass is 239 g/mol. The van der Waals surface area contributed by atoms with Crippen LogP contribution in [0.25, 0.3) is 0 Å². The Morgan fingerprint density at radius 1 is 1.81 bits per heavy atom. The number of nitriles is 1. The Morgan fingerprint density at radius 3 is 3.00 bits per heavy atom. The van der Waals surface area contributed by atoms with Gasteiger partial charge in [0.25, 0.3) is 0 Å². The number of carbonyl (C=O) groups is 1. The van der Waals surface area contributed by atoms with Crippen molar-refractivity contribution < 1.29 is 4.79 Å². The van der Waals surface area contributed by atoms with Gasteiger partial charge >= 0.3 is 0 Å². The van der Waals surface area contributed by atoms with Gasteiger partial charge in [0.05, 0.1) is 6.20 Å². The van der Waals surface area contributed by atoms with Gasteiger partial charge in [-0.15, -0.1) is 0 Å². The highest BCUT2D eigenvalue weighted by atomic mass is 35.5. The van der Waals surface area contributed by atoms with Gasteiger partial charge in [0.15, 0.2) is 0 Å². The molecule has 1 rings (SSSR count). The van der Waals surface area contributed by atoms with Crippen LogP contribution in [0, 0.1) is 11.3 Å². The van der Waals surface area contributed by atoms with Gasteiger partial charge in [-0.25, -0.2) is 4.98 Å². The van der Waals surface area contributed by atoms with Crippen molar-refractivity contribution >= 4 is 23.3 Å². The van der Waals surface area contributed by atoms with Gasteiger partial charge in [-0.2, -0.15) is 10.2 Å². The molecule has 0 bridgehead atoms. The minimum Gasteiger partial charge on any atom is -0.368 e. The lowest BCUT2D eigenvalue weighted by Gasteiger charge is -2.14. The van der Waals surface area contributed by atoms with Gasteiger partial charge in [-0.3, -0.25) is 4.79 Å². The third kappa shape index (κ3) is 2.81. The third-order valence-electron chi connectivity index (χ3n) is 1.94. The summed E-state index contributed by atoms with van der Waals surface area (Å²) in [6, 6.07) is 1.31. The van der Waals surface area contributed by atoms with Crippen LogP contribution in [0.5, 0.6) is 0 Å². The van der Waals surface area contributed by atoms with E-state index in [2.05, 4.69) is 15.3 Å². The summed E-state index contributed by atoms with van der Waals surface area (Å²) in [5, 5.41) is 11.6. The second-order valence-electron chi connectivity index (χ2n) is 3.02. The van der Waals surface area contributed by atoms with Crippen LogP contribution in [-0.4, -0.2) is 21.9 Å². The van der Waals surface area contributed by atoms with Crippen molar-refractivity contribution in [3.8, 4) is 6.07 Å². The molecular formula is C9H10ClN5O. The van der Waals surface area contributed by atoms with Crippen molar-refractivity contribution in [3.05, 3.63) is 17.0 Å². The van der Waals surface area contributed by atoms with Gasteiger partial charge < -0.3 is 11.1 Å². The fourth-order valence-electron chi connectivity index (χ4n) is 1.09. The molecule has 0 saturated heterocycles. The van der Waals surface area contributed by atoms with Crippen molar-refractivity contribution in [2.45, 2.75) is 19.4 Å². The van der Waals surface area contributed by atoms with Crippen LogP contribution in [0.15, 0.2) is 6.20 Å². The maximum atomic E-state index is 11.0. The highest BCUT2D eigenvalue weighted by Gasteiger charge is 2.15. The molecule has 0 aliphatic rings. The molecule has 0 unspecified atom stereocenters. The molecule has 1 aromatic heterocycles. The average molecular weight is 240 g/mol. The maximum Gasteiger partial charge on any atom is 0.239 e. The van der Waals surface area contributed by atoms with E-state index in [9.17, 15) is 4.79 Å². The normalized spacial score (nSPS) is 11.6. The van der Waals surface area contributed by atoms with Crippen LogP contribution >= 0.6 is 11.6 Å².